The van der Waals surface area contributed by atoms with E-state index in [4.69, 9.17) is 17.3 Å². The Morgan fingerprint density at radius 2 is 1.65 bits per heavy atom. The van der Waals surface area contributed by atoms with Crippen molar-refractivity contribution in [3.8, 4) is 0 Å². The fourth-order valence-corrected chi connectivity index (χ4v) is 3.31. The van der Waals surface area contributed by atoms with E-state index in [-0.39, 0.29) is 11.2 Å². The van der Waals surface area contributed by atoms with Gasteiger partial charge in [0.05, 0.1) is 5.25 Å². The molecule has 0 aliphatic carbocycles. The molecule has 0 fully saturated rings. The number of thioether (sulfide) groups is 1. The lowest BCUT2D eigenvalue weighted by atomic mass is 10.0. The third-order valence-electron chi connectivity index (χ3n) is 2.91. The summed E-state index contributed by atoms with van der Waals surface area (Å²) in [5.41, 5.74) is 7.59. The highest BCUT2D eigenvalue weighted by atomic mass is 35.5. The molecule has 0 aliphatic heterocycles. The summed E-state index contributed by atoms with van der Waals surface area (Å²) < 4.78 is 0. The SMILES string of the molecule is NC(=O)CCSC(c1ccccc1)c1ccc(Cl)cc1. The van der Waals surface area contributed by atoms with Crippen LogP contribution in [0.5, 0.6) is 0 Å². The zero-order valence-electron chi connectivity index (χ0n) is 11.0. The first kappa shape index (κ1) is 14.9. The van der Waals surface area contributed by atoms with Gasteiger partial charge in [0.15, 0.2) is 0 Å². The summed E-state index contributed by atoms with van der Waals surface area (Å²) in [4.78, 5) is 10.9. The molecule has 0 saturated heterocycles. The fourth-order valence-electron chi connectivity index (χ4n) is 1.93. The number of carbonyl (C=O) groups is 1. The van der Waals surface area contributed by atoms with E-state index in [2.05, 4.69) is 12.1 Å². The van der Waals surface area contributed by atoms with Crippen LogP contribution >= 0.6 is 23.4 Å². The number of hydrogen-bond donors (Lipinski definition) is 1. The maximum Gasteiger partial charge on any atom is 0.218 e. The van der Waals surface area contributed by atoms with Crippen LogP contribution in [0.25, 0.3) is 0 Å². The highest BCUT2D eigenvalue weighted by Gasteiger charge is 2.14. The van der Waals surface area contributed by atoms with Crippen molar-refractivity contribution in [2.75, 3.05) is 5.75 Å². The Morgan fingerprint density at radius 3 is 2.25 bits per heavy atom. The molecule has 0 aromatic heterocycles. The average Bonchev–Trinajstić information content (AvgIpc) is 2.46. The highest BCUT2D eigenvalue weighted by Crippen LogP contribution is 2.36. The molecule has 2 aromatic rings. The van der Waals surface area contributed by atoms with Crippen LogP contribution in [0.3, 0.4) is 0 Å². The van der Waals surface area contributed by atoms with Gasteiger partial charge >= 0.3 is 0 Å². The quantitative estimate of drug-likeness (QED) is 0.875. The lowest BCUT2D eigenvalue weighted by Crippen LogP contribution is -2.11. The third-order valence-corrected chi connectivity index (χ3v) is 4.48. The number of hydrogen-bond acceptors (Lipinski definition) is 2. The van der Waals surface area contributed by atoms with Gasteiger partial charge in [-0.1, -0.05) is 54.1 Å². The van der Waals surface area contributed by atoms with E-state index < -0.39 is 0 Å². The summed E-state index contributed by atoms with van der Waals surface area (Å²) in [6, 6.07) is 18.1. The average molecular weight is 306 g/mol. The van der Waals surface area contributed by atoms with E-state index in [1.54, 1.807) is 11.8 Å². The molecular formula is C16H16ClNOS. The van der Waals surface area contributed by atoms with Crippen LogP contribution in [-0.4, -0.2) is 11.7 Å². The van der Waals surface area contributed by atoms with Gasteiger partial charge in [0.1, 0.15) is 0 Å². The van der Waals surface area contributed by atoms with E-state index in [0.717, 1.165) is 5.02 Å². The van der Waals surface area contributed by atoms with Crippen molar-refractivity contribution in [3.05, 3.63) is 70.7 Å². The maximum absolute atomic E-state index is 10.9. The number of halogens is 1. The molecule has 2 N–H and O–H groups in total. The van der Waals surface area contributed by atoms with Gasteiger partial charge in [-0.15, -0.1) is 11.8 Å². The molecule has 2 nitrogen and oxygen atoms in total. The van der Waals surface area contributed by atoms with Gasteiger partial charge in [-0.25, -0.2) is 0 Å². The van der Waals surface area contributed by atoms with Gasteiger partial charge in [-0.3, -0.25) is 4.79 Å². The van der Waals surface area contributed by atoms with Crippen LogP contribution in [0.2, 0.25) is 5.02 Å². The molecule has 0 spiro atoms. The largest absolute Gasteiger partial charge is 0.370 e. The molecule has 0 aliphatic rings. The predicted molar refractivity (Wildman–Crippen MR) is 86.0 cm³/mol. The first-order valence-corrected chi connectivity index (χ1v) is 7.80. The van der Waals surface area contributed by atoms with Crippen molar-refractivity contribution in [1.29, 1.82) is 0 Å². The van der Waals surface area contributed by atoms with Gasteiger partial charge in [-0.05, 0) is 23.3 Å². The Kier molecular flexibility index (Phi) is 5.50. The van der Waals surface area contributed by atoms with E-state index in [1.807, 2.05) is 42.5 Å². The Bertz CT molecular complexity index is 556. The monoisotopic (exact) mass is 305 g/mol. The van der Waals surface area contributed by atoms with Crippen LogP contribution in [0.15, 0.2) is 54.6 Å². The first-order chi connectivity index (χ1) is 9.66. The Morgan fingerprint density at radius 1 is 1.05 bits per heavy atom. The predicted octanol–water partition coefficient (Wildman–Crippen LogP) is 4.04. The van der Waals surface area contributed by atoms with Crippen LogP contribution in [-0.2, 0) is 4.79 Å². The third kappa shape index (κ3) is 4.29. The second-order valence-electron chi connectivity index (χ2n) is 4.43. The van der Waals surface area contributed by atoms with Crippen LogP contribution in [0, 0.1) is 0 Å². The fraction of sp³-hybridized carbons (Fsp3) is 0.188. The molecule has 2 aromatic carbocycles. The molecule has 1 atom stereocenters. The van der Waals surface area contributed by atoms with E-state index in [0.29, 0.717) is 12.2 Å². The summed E-state index contributed by atoms with van der Waals surface area (Å²) >= 11 is 7.66. The summed E-state index contributed by atoms with van der Waals surface area (Å²) in [5, 5.41) is 0.913. The molecule has 2 rings (SSSR count). The van der Waals surface area contributed by atoms with Crippen molar-refractivity contribution in [3.63, 3.8) is 0 Å². The second-order valence-corrected chi connectivity index (χ2v) is 6.08. The number of nitrogens with two attached hydrogens (primary N) is 1. The van der Waals surface area contributed by atoms with Crippen molar-refractivity contribution >= 4 is 29.3 Å². The molecule has 20 heavy (non-hydrogen) atoms. The van der Waals surface area contributed by atoms with Crippen molar-refractivity contribution in [2.24, 2.45) is 5.73 Å². The van der Waals surface area contributed by atoms with Crippen LogP contribution in [0.1, 0.15) is 22.8 Å². The Balaban J connectivity index is 2.20. The zero-order chi connectivity index (χ0) is 14.4. The molecule has 0 heterocycles. The maximum atomic E-state index is 10.9. The van der Waals surface area contributed by atoms with Gasteiger partial charge in [-0.2, -0.15) is 0 Å². The molecule has 4 heteroatoms. The number of primary amides is 1. The standard InChI is InChI=1S/C16H16ClNOS/c17-14-8-6-13(7-9-14)16(20-11-10-15(18)19)12-4-2-1-3-5-12/h1-9,16H,10-11H2,(H2,18,19). The van der Waals surface area contributed by atoms with Gasteiger partial charge < -0.3 is 5.73 Å². The van der Waals surface area contributed by atoms with E-state index >= 15 is 0 Å². The second kappa shape index (κ2) is 7.36. The number of benzene rings is 2. The van der Waals surface area contributed by atoms with E-state index in [9.17, 15) is 4.79 Å². The van der Waals surface area contributed by atoms with Crippen LogP contribution < -0.4 is 5.73 Å². The molecule has 1 unspecified atom stereocenters. The van der Waals surface area contributed by atoms with E-state index in [1.165, 1.54) is 11.1 Å². The van der Waals surface area contributed by atoms with Gasteiger partial charge in [0.25, 0.3) is 0 Å². The molecule has 0 saturated carbocycles. The zero-order valence-corrected chi connectivity index (χ0v) is 12.5. The lowest BCUT2D eigenvalue weighted by molar-refractivity contribution is -0.117. The van der Waals surface area contributed by atoms with Crippen LogP contribution in [0.4, 0.5) is 0 Å². The first-order valence-electron chi connectivity index (χ1n) is 6.37. The number of carbonyl (C=O) groups excluding carboxylic acids is 1. The normalized spacial score (nSPS) is 12.1. The molecule has 1 amide bonds. The van der Waals surface area contributed by atoms with Gasteiger partial charge in [0, 0.05) is 17.2 Å². The van der Waals surface area contributed by atoms with Crippen molar-refractivity contribution in [1.82, 2.24) is 0 Å². The summed E-state index contributed by atoms with van der Waals surface area (Å²) in [7, 11) is 0. The minimum absolute atomic E-state index is 0.188. The minimum Gasteiger partial charge on any atom is -0.370 e. The number of rotatable bonds is 6. The molecule has 104 valence electrons. The number of amides is 1. The molecule has 0 bridgehead atoms. The highest BCUT2D eigenvalue weighted by molar-refractivity contribution is 7.99. The topological polar surface area (TPSA) is 43.1 Å². The molecular weight excluding hydrogens is 290 g/mol. The minimum atomic E-state index is -0.264. The van der Waals surface area contributed by atoms with Crippen molar-refractivity contribution in [2.45, 2.75) is 11.7 Å². The van der Waals surface area contributed by atoms with Gasteiger partial charge in [0.2, 0.25) is 5.91 Å². The lowest BCUT2D eigenvalue weighted by Gasteiger charge is -2.17. The summed E-state index contributed by atoms with van der Waals surface area (Å²) in [6.07, 6.45) is 0.390. The smallest absolute Gasteiger partial charge is 0.218 e. The summed E-state index contributed by atoms with van der Waals surface area (Å²) in [5.74, 6) is 0.442. The summed E-state index contributed by atoms with van der Waals surface area (Å²) in [6.45, 7) is 0. The Labute approximate surface area is 128 Å². The Hall–Kier alpha value is -1.45. The van der Waals surface area contributed by atoms with Crippen molar-refractivity contribution < 1.29 is 4.79 Å². The molecule has 0 radical (unpaired) electrons.